The van der Waals surface area contributed by atoms with E-state index in [9.17, 15) is 8.42 Å². The number of sulfonamides is 1. The van der Waals surface area contributed by atoms with Crippen LogP contribution in [0.3, 0.4) is 0 Å². The van der Waals surface area contributed by atoms with Crippen molar-refractivity contribution in [2.45, 2.75) is 36.6 Å². The van der Waals surface area contributed by atoms with Crippen LogP contribution in [0.5, 0.6) is 0 Å². The van der Waals surface area contributed by atoms with Crippen LogP contribution in [0.4, 0.5) is 0 Å². The van der Waals surface area contributed by atoms with E-state index in [-0.39, 0.29) is 6.04 Å². The molecule has 1 unspecified atom stereocenters. The summed E-state index contributed by atoms with van der Waals surface area (Å²) in [6.07, 6.45) is 6.39. The first-order chi connectivity index (χ1) is 9.62. The molecule has 0 radical (unpaired) electrons. The van der Waals surface area contributed by atoms with Crippen LogP contribution in [0.15, 0.2) is 47.9 Å². The minimum atomic E-state index is -3.40. The van der Waals surface area contributed by atoms with Crippen LogP contribution < -0.4 is 4.72 Å². The minimum absolute atomic E-state index is 0.0805. The Morgan fingerprint density at radius 2 is 1.90 bits per heavy atom. The van der Waals surface area contributed by atoms with Crippen LogP contribution in [0, 0.1) is 17.8 Å². The molecule has 0 aliphatic heterocycles. The van der Waals surface area contributed by atoms with Gasteiger partial charge in [0.15, 0.2) is 0 Å². The third kappa shape index (κ3) is 2.42. The van der Waals surface area contributed by atoms with Gasteiger partial charge in [-0.15, -0.1) is 6.58 Å². The number of nitrogens with one attached hydrogen (secondary N) is 1. The summed E-state index contributed by atoms with van der Waals surface area (Å²) in [5.41, 5.74) is 0. The number of hydrogen-bond acceptors (Lipinski definition) is 2. The van der Waals surface area contributed by atoms with E-state index < -0.39 is 10.0 Å². The lowest BCUT2D eigenvalue weighted by Gasteiger charge is -2.30. The van der Waals surface area contributed by atoms with Gasteiger partial charge in [0.1, 0.15) is 0 Å². The van der Waals surface area contributed by atoms with E-state index in [0.717, 1.165) is 12.8 Å². The van der Waals surface area contributed by atoms with Crippen LogP contribution in [-0.4, -0.2) is 14.5 Å². The standard InChI is InChI=1S/C16H21NO2S/c1-2-6-15-12-9-10-13(11-12)16(15)17-20(18,19)14-7-4-3-5-8-14/h2-5,7-8,12-13,15-17H,1,6,9-11H2/t12-,13+,15+,16?/m1/s1. The van der Waals surface area contributed by atoms with Gasteiger partial charge in [-0.2, -0.15) is 0 Å². The van der Waals surface area contributed by atoms with E-state index in [1.54, 1.807) is 24.3 Å². The maximum absolute atomic E-state index is 12.5. The Kier molecular flexibility index (Phi) is 3.69. The second kappa shape index (κ2) is 5.34. The fraction of sp³-hybridized carbons (Fsp3) is 0.500. The van der Waals surface area contributed by atoms with Crippen molar-refractivity contribution in [3.05, 3.63) is 43.0 Å². The Balaban J connectivity index is 1.81. The summed E-state index contributed by atoms with van der Waals surface area (Å²) in [5, 5.41) is 0. The van der Waals surface area contributed by atoms with Crippen molar-refractivity contribution in [1.29, 1.82) is 0 Å². The van der Waals surface area contributed by atoms with Crippen molar-refractivity contribution in [3.8, 4) is 0 Å². The highest BCUT2D eigenvalue weighted by Gasteiger charge is 2.48. The molecule has 3 nitrogen and oxygen atoms in total. The lowest BCUT2D eigenvalue weighted by Crippen LogP contribution is -2.43. The Hall–Kier alpha value is -1.13. The van der Waals surface area contributed by atoms with Crippen LogP contribution >= 0.6 is 0 Å². The predicted molar refractivity (Wildman–Crippen MR) is 79.7 cm³/mol. The Bertz CT molecular complexity index is 582. The van der Waals surface area contributed by atoms with E-state index >= 15 is 0 Å². The van der Waals surface area contributed by atoms with Crippen LogP contribution in [0.2, 0.25) is 0 Å². The number of rotatable bonds is 5. The maximum Gasteiger partial charge on any atom is 0.240 e. The molecule has 108 valence electrons. The summed E-state index contributed by atoms with van der Waals surface area (Å²) in [6, 6.07) is 8.73. The quantitative estimate of drug-likeness (QED) is 0.848. The molecular formula is C16H21NO2S. The van der Waals surface area contributed by atoms with Crippen LogP contribution in [0.1, 0.15) is 25.7 Å². The molecule has 0 heterocycles. The largest absolute Gasteiger partial charge is 0.240 e. The molecule has 0 saturated heterocycles. The highest BCUT2D eigenvalue weighted by atomic mass is 32.2. The highest BCUT2D eigenvalue weighted by Crippen LogP contribution is 2.50. The van der Waals surface area contributed by atoms with Gasteiger partial charge in [0, 0.05) is 6.04 Å². The summed E-state index contributed by atoms with van der Waals surface area (Å²) in [4.78, 5) is 0.361. The zero-order valence-electron chi connectivity index (χ0n) is 11.5. The third-order valence-corrected chi connectivity index (χ3v) is 6.35. The van der Waals surface area contributed by atoms with Gasteiger partial charge in [-0.3, -0.25) is 0 Å². The molecule has 1 aromatic rings. The molecule has 2 fully saturated rings. The molecule has 4 heteroatoms. The van der Waals surface area contributed by atoms with Crippen molar-refractivity contribution in [2.24, 2.45) is 17.8 Å². The van der Waals surface area contributed by atoms with Crippen LogP contribution in [0.25, 0.3) is 0 Å². The molecule has 2 aliphatic rings. The molecule has 1 N–H and O–H groups in total. The zero-order valence-corrected chi connectivity index (χ0v) is 12.4. The summed E-state index contributed by atoms with van der Waals surface area (Å²) in [6.45, 7) is 3.82. The fourth-order valence-corrected chi connectivity index (χ4v) is 5.35. The van der Waals surface area contributed by atoms with E-state index in [1.165, 1.54) is 12.8 Å². The maximum atomic E-state index is 12.5. The smallest absolute Gasteiger partial charge is 0.207 e. The monoisotopic (exact) mass is 291 g/mol. The van der Waals surface area contributed by atoms with E-state index in [0.29, 0.717) is 22.6 Å². The van der Waals surface area contributed by atoms with Gasteiger partial charge in [-0.05, 0) is 55.6 Å². The molecule has 2 saturated carbocycles. The van der Waals surface area contributed by atoms with Gasteiger partial charge in [0.05, 0.1) is 4.90 Å². The number of fused-ring (bicyclic) bond motifs is 2. The summed E-state index contributed by atoms with van der Waals surface area (Å²) >= 11 is 0. The van der Waals surface area contributed by atoms with E-state index in [1.807, 2.05) is 12.1 Å². The average Bonchev–Trinajstić information content (AvgIpc) is 3.03. The van der Waals surface area contributed by atoms with Crippen LogP contribution in [-0.2, 0) is 10.0 Å². The first kappa shape index (κ1) is 13.8. The van der Waals surface area contributed by atoms with Crippen molar-refractivity contribution in [3.63, 3.8) is 0 Å². The molecule has 0 amide bonds. The third-order valence-electron chi connectivity index (χ3n) is 4.87. The predicted octanol–water partition coefficient (Wildman–Crippen LogP) is 2.96. The zero-order chi connectivity index (χ0) is 14.2. The van der Waals surface area contributed by atoms with Crippen molar-refractivity contribution in [1.82, 2.24) is 4.72 Å². The molecule has 0 spiro atoms. The van der Waals surface area contributed by atoms with Crippen molar-refractivity contribution < 1.29 is 8.42 Å². The van der Waals surface area contributed by atoms with Crippen molar-refractivity contribution >= 4 is 10.0 Å². The second-order valence-corrected chi connectivity index (χ2v) is 7.70. The first-order valence-corrected chi connectivity index (χ1v) is 8.78. The lowest BCUT2D eigenvalue weighted by atomic mass is 9.83. The number of allylic oxidation sites excluding steroid dienone is 1. The van der Waals surface area contributed by atoms with E-state index in [4.69, 9.17) is 0 Å². The van der Waals surface area contributed by atoms with Gasteiger partial charge in [0.25, 0.3) is 0 Å². The molecule has 2 aliphatic carbocycles. The molecule has 20 heavy (non-hydrogen) atoms. The molecular weight excluding hydrogens is 270 g/mol. The Morgan fingerprint density at radius 3 is 2.60 bits per heavy atom. The second-order valence-electron chi connectivity index (χ2n) is 5.98. The van der Waals surface area contributed by atoms with Gasteiger partial charge >= 0.3 is 0 Å². The average molecular weight is 291 g/mol. The summed E-state index contributed by atoms with van der Waals surface area (Å²) < 4.78 is 27.9. The summed E-state index contributed by atoms with van der Waals surface area (Å²) in [7, 11) is -3.40. The lowest BCUT2D eigenvalue weighted by molar-refractivity contribution is 0.274. The molecule has 1 aromatic carbocycles. The molecule has 4 atom stereocenters. The Labute approximate surface area is 121 Å². The van der Waals surface area contributed by atoms with Gasteiger partial charge in [-0.1, -0.05) is 24.3 Å². The summed E-state index contributed by atoms with van der Waals surface area (Å²) in [5.74, 6) is 1.59. The van der Waals surface area contributed by atoms with Gasteiger partial charge in [0.2, 0.25) is 10.0 Å². The molecule has 2 bridgehead atoms. The normalized spacial score (nSPS) is 32.4. The highest BCUT2D eigenvalue weighted by molar-refractivity contribution is 7.89. The van der Waals surface area contributed by atoms with E-state index in [2.05, 4.69) is 11.3 Å². The fourth-order valence-electron chi connectivity index (χ4n) is 3.97. The topological polar surface area (TPSA) is 46.2 Å². The SMILES string of the molecule is C=CC[C@@H]1C(NS(=O)(=O)c2ccccc2)[C@H]2CC[C@@H]1C2. The number of benzene rings is 1. The molecule has 0 aromatic heterocycles. The molecule has 3 rings (SSSR count). The van der Waals surface area contributed by atoms with Crippen molar-refractivity contribution in [2.75, 3.05) is 0 Å². The van der Waals surface area contributed by atoms with Gasteiger partial charge < -0.3 is 0 Å². The first-order valence-electron chi connectivity index (χ1n) is 7.30. The number of hydrogen-bond donors (Lipinski definition) is 1. The van der Waals surface area contributed by atoms with Gasteiger partial charge in [-0.25, -0.2) is 13.1 Å². The Morgan fingerprint density at radius 1 is 1.20 bits per heavy atom. The minimum Gasteiger partial charge on any atom is -0.207 e.